The quantitative estimate of drug-likeness (QED) is 0.758. The Kier molecular flexibility index (Phi) is 5.61. The van der Waals surface area contributed by atoms with Crippen molar-refractivity contribution in [3.63, 3.8) is 0 Å². The molecule has 0 saturated heterocycles. The molecule has 25 heavy (non-hydrogen) atoms. The first kappa shape index (κ1) is 17.8. The van der Waals surface area contributed by atoms with E-state index in [1.165, 1.54) is 11.1 Å². The average Bonchev–Trinajstić information content (AvgIpc) is 3.04. The summed E-state index contributed by atoms with van der Waals surface area (Å²) in [6, 6.07) is 16.2. The monoisotopic (exact) mass is 341 g/mol. The van der Waals surface area contributed by atoms with E-state index < -0.39 is 5.54 Å². The Hall–Kier alpha value is -2.04. The van der Waals surface area contributed by atoms with Gasteiger partial charge >= 0.3 is 0 Å². The molecule has 1 aliphatic rings. The number of aliphatic hydroxyl groups is 1. The number of hydrogen-bond donors (Lipinski definition) is 2. The van der Waals surface area contributed by atoms with Gasteiger partial charge in [-0.2, -0.15) is 0 Å². The molecule has 1 fully saturated rings. The molecule has 0 aliphatic heterocycles. The van der Waals surface area contributed by atoms with Crippen molar-refractivity contribution in [2.24, 2.45) is 5.73 Å². The van der Waals surface area contributed by atoms with Crippen LogP contribution in [0.4, 0.5) is 0 Å². The van der Waals surface area contributed by atoms with Crippen LogP contribution in [0.25, 0.3) is 0 Å². The van der Waals surface area contributed by atoms with Crippen LogP contribution in [-0.4, -0.2) is 30.5 Å². The Bertz CT molecular complexity index is 669. The van der Waals surface area contributed by atoms with E-state index in [1.807, 2.05) is 36.4 Å². The Morgan fingerprint density at radius 1 is 1.00 bits per heavy atom. The van der Waals surface area contributed by atoms with Crippen LogP contribution in [0.2, 0.25) is 0 Å². The van der Waals surface area contributed by atoms with Gasteiger partial charge in [-0.1, -0.05) is 29.8 Å². The lowest BCUT2D eigenvalue weighted by atomic mass is 9.94. The number of aryl methyl sites for hydroxylation is 1. The van der Waals surface area contributed by atoms with Crippen LogP contribution in [-0.2, 0) is 0 Å². The molecule has 4 heteroatoms. The number of aliphatic hydroxyl groups excluding tert-OH is 1. The van der Waals surface area contributed by atoms with Gasteiger partial charge in [0.25, 0.3) is 0 Å². The van der Waals surface area contributed by atoms with Gasteiger partial charge in [0.2, 0.25) is 0 Å². The third-order valence-corrected chi connectivity index (χ3v) is 4.95. The van der Waals surface area contributed by atoms with E-state index in [-0.39, 0.29) is 6.61 Å². The van der Waals surface area contributed by atoms with Crippen molar-refractivity contribution < 1.29 is 14.6 Å². The smallest absolute Gasteiger partial charge is 0.122 e. The fourth-order valence-electron chi connectivity index (χ4n) is 3.37. The lowest BCUT2D eigenvalue weighted by molar-refractivity contribution is 0.198. The molecule has 0 unspecified atom stereocenters. The van der Waals surface area contributed by atoms with Gasteiger partial charge < -0.3 is 20.3 Å². The SMILES string of the molecule is Cc1ccc(OCCOc2ccc([C@@H]3CC[C@@](N)(CO)C3)cc2)cc1. The molecule has 1 saturated carbocycles. The van der Waals surface area contributed by atoms with E-state index in [1.54, 1.807) is 0 Å². The maximum atomic E-state index is 9.39. The van der Waals surface area contributed by atoms with Crippen molar-refractivity contribution in [3.05, 3.63) is 59.7 Å². The third-order valence-electron chi connectivity index (χ3n) is 4.95. The van der Waals surface area contributed by atoms with Gasteiger partial charge in [-0.05, 0) is 61.9 Å². The number of ether oxygens (including phenoxy) is 2. The maximum Gasteiger partial charge on any atom is 0.122 e. The van der Waals surface area contributed by atoms with Crippen molar-refractivity contribution in [1.82, 2.24) is 0 Å². The second-order valence-corrected chi connectivity index (χ2v) is 7.04. The standard InChI is InChI=1S/C21H27NO3/c1-16-2-6-19(7-3-16)24-12-13-25-20-8-4-17(5-9-20)18-10-11-21(22,14-18)15-23/h2-9,18,23H,10-15,22H2,1H3/t18-,21+/m1/s1. The van der Waals surface area contributed by atoms with Gasteiger partial charge in [0.05, 0.1) is 6.61 Å². The van der Waals surface area contributed by atoms with Gasteiger partial charge in [0.15, 0.2) is 0 Å². The van der Waals surface area contributed by atoms with Gasteiger partial charge in [-0.3, -0.25) is 0 Å². The van der Waals surface area contributed by atoms with Gasteiger partial charge in [0, 0.05) is 5.54 Å². The second-order valence-electron chi connectivity index (χ2n) is 7.04. The first-order chi connectivity index (χ1) is 12.1. The van der Waals surface area contributed by atoms with Crippen molar-refractivity contribution in [2.45, 2.75) is 37.6 Å². The predicted octanol–water partition coefficient (Wildman–Crippen LogP) is 3.41. The van der Waals surface area contributed by atoms with E-state index in [2.05, 4.69) is 19.1 Å². The minimum Gasteiger partial charge on any atom is -0.490 e. The van der Waals surface area contributed by atoms with Crippen molar-refractivity contribution >= 4 is 0 Å². The maximum absolute atomic E-state index is 9.39. The van der Waals surface area contributed by atoms with Crippen molar-refractivity contribution in [2.75, 3.05) is 19.8 Å². The summed E-state index contributed by atoms with van der Waals surface area (Å²) < 4.78 is 11.4. The van der Waals surface area contributed by atoms with Gasteiger partial charge in [-0.25, -0.2) is 0 Å². The highest BCUT2D eigenvalue weighted by molar-refractivity contribution is 5.31. The molecule has 2 atom stereocenters. The van der Waals surface area contributed by atoms with Crippen LogP contribution in [0.15, 0.2) is 48.5 Å². The summed E-state index contributed by atoms with van der Waals surface area (Å²) in [4.78, 5) is 0. The lowest BCUT2D eigenvalue weighted by Gasteiger charge is -2.21. The van der Waals surface area contributed by atoms with E-state index in [9.17, 15) is 5.11 Å². The van der Waals surface area contributed by atoms with Crippen LogP contribution in [0.1, 0.15) is 36.3 Å². The molecular formula is C21H27NO3. The summed E-state index contributed by atoms with van der Waals surface area (Å²) in [5, 5.41) is 9.39. The Morgan fingerprint density at radius 2 is 1.56 bits per heavy atom. The van der Waals surface area contributed by atoms with E-state index in [4.69, 9.17) is 15.2 Å². The fourth-order valence-corrected chi connectivity index (χ4v) is 3.37. The van der Waals surface area contributed by atoms with Crippen molar-refractivity contribution in [3.8, 4) is 11.5 Å². The number of hydrogen-bond acceptors (Lipinski definition) is 4. The third kappa shape index (κ3) is 4.74. The largest absolute Gasteiger partial charge is 0.490 e. The molecule has 0 spiro atoms. The first-order valence-corrected chi connectivity index (χ1v) is 8.90. The Labute approximate surface area is 149 Å². The molecule has 3 N–H and O–H groups in total. The van der Waals surface area contributed by atoms with Crippen LogP contribution in [0.5, 0.6) is 11.5 Å². The Balaban J connectivity index is 1.44. The minimum atomic E-state index is -0.410. The highest BCUT2D eigenvalue weighted by Crippen LogP contribution is 2.39. The summed E-state index contributed by atoms with van der Waals surface area (Å²) >= 11 is 0. The minimum absolute atomic E-state index is 0.0612. The number of rotatable bonds is 7. The number of benzene rings is 2. The predicted molar refractivity (Wildman–Crippen MR) is 99.2 cm³/mol. The van der Waals surface area contributed by atoms with E-state index in [0.29, 0.717) is 19.1 Å². The van der Waals surface area contributed by atoms with Crippen LogP contribution in [0.3, 0.4) is 0 Å². The molecule has 1 aliphatic carbocycles. The summed E-state index contributed by atoms with van der Waals surface area (Å²) in [6.45, 7) is 3.14. The molecule has 3 rings (SSSR count). The number of nitrogens with two attached hydrogens (primary N) is 1. The molecule has 2 aromatic rings. The zero-order valence-electron chi connectivity index (χ0n) is 14.8. The molecule has 2 aromatic carbocycles. The highest BCUT2D eigenvalue weighted by atomic mass is 16.5. The first-order valence-electron chi connectivity index (χ1n) is 8.90. The topological polar surface area (TPSA) is 64.7 Å². The summed E-state index contributed by atoms with van der Waals surface area (Å²) in [5.74, 6) is 2.13. The molecule has 134 valence electrons. The van der Waals surface area contributed by atoms with Gasteiger partial charge in [0.1, 0.15) is 24.7 Å². The van der Waals surface area contributed by atoms with E-state index >= 15 is 0 Å². The van der Waals surface area contributed by atoms with E-state index in [0.717, 1.165) is 30.8 Å². The van der Waals surface area contributed by atoms with Gasteiger partial charge in [-0.15, -0.1) is 0 Å². The molecule has 4 nitrogen and oxygen atoms in total. The molecule has 0 bridgehead atoms. The Morgan fingerprint density at radius 3 is 2.08 bits per heavy atom. The molecule has 0 radical (unpaired) electrons. The lowest BCUT2D eigenvalue weighted by Crippen LogP contribution is -2.40. The molecule has 0 heterocycles. The van der Waals surface area contributed by atoms with Crippen LogP contribution >= 0.6 is 0 Å². The zero-order valence-corrected chi connectivity index (χ0v) is 14.8. The molecule has 0 amide bonds. The summed E-state index contributed by atoms with van der Waals surface area (Å²) in [6.07, 6.45) is 2.75. The van der Waals surface area contributed by atoms with Crippen molar-refractivity contribution in [1.29, 1.82) is 0 Å². The van der Waals surface area contributed by atoms with Crippen LogP contribution in [0, 0.1) is 6.92 Å². The molecule has 0 aromatic heterocycles. The zero-order chi connectivity index (χ0) is 17.7. The second kappa shape index (κ2) is 7.89. The fraction of sp³-hybridized carbons (Fsp3) is 0.429. The van der Waals surface area contributed by atoms with Crippen LogP contribution < -0.4 is 15.2 Å². The molecular weight excluding hydrogens is 314 g/mol. The summed E-state index contributed by atoms with van der Waals surface area (Å²) in [5.41, 5.74) is 8.24. The summed E-state index contributed by atoms with van der Waals surface area (Å²) in [7, 11) is 0. The average molecular weight is 341 g/mol. The highest BCUT2D eigenvalue weighted by Gasteiger charge is 2.35. The normalized spacial score (nSPS) is 22.8.